The maximum absolute atomic E-state index is 11.7. The molecule has 0 heterocycles. The molecular weight excluding hydrogens is 270 g/mol. The van der Waals surface area contributed by atoms with E-state index in [0.29, 0.717) is 11.4 Å². The molecule has 1 aromatic rings. The van der Waals surface area contributed by atoms with E-state index in [-0.39, 0.29) is 17.8 Å². The molecule has 1 aromatic carbocycles. The molecule has 1 unspecified atom stereocenters. The van der Waals surface area contributed by atoms with Crippen LogP contribution in [-0.4, -0.2) is 40.6 Å². The molecule has 1 rings (SSSR count). The molecule has 0 aliphatic rings. The Hall–Kier alpha value is -1.96. The number of nitro groups is 1. The molecule has 0 spiro atoms. The van der Waals surface area contributed by atoms with E-state index in [1.165, 1.54) is 18.2 Å². The van der Waals surface area contributed by atoms with E-state index in [1.54, 1.807) is 13.3 Å². The summed E-state index contributed by atoms with van der Waals surface area (Å²) in [4.78, 5) is 22.0. The average molecular weight is 285 g/mol. The molecule has 0 fully saturated rings. The van der Waals surface area contributed by atoms with Crippen LogP contribution in [0.25, 0.3) is 0 Å². The molecule has 104 valence electrons. The summed E-state index contributed by atoms with van der Waals surface area (Å²) in [6.07, 6.45) is 1.54. The molecule has 0 saturated heterocycles. The van der Waals surface area contributed by atoms with Gasteiger partial charge in [-0.15, -0.1) is 0 Å². The van der Waals surface area contributed by atoms with Gasteiger partial charge in [0.15, 0.2) is 0 Å². The summed E-state index contributed by atoms with van der Waals surface area (Å²) in [5.41, 5.74) is 0.387. The number of nitrogens with zero attached hydrogens (tertiary/aromatic N) is 1. The van der Waals surface area contributed by atoms with Crippen molar-refractivity contribution < 1.29 is 13.9 Å². The number of rotatable bonds is 6. The van der Waals surface area contributed by atoms with Gasteiger partial charge in [0, 0.05) is 48.0 Å². The fraction of sp³-hybridized carbons (Fsp3) is 0.364. The third-order valence-corrected chi connectivity index (χ3v) is 3.18. The van der Waals surface area contributed by atoms with Gasteiger partial charge < -0.3 is 10.6 Å². The highest BCUT2D eigenvalue weighted by Gasteiger charge is 2.16. The third kappa shape index (κ3) is 4.32. The van der Waals surface area contributed by atoms with Gasteiger partial charge in [-0.2, -0.15) is 0 Å². The number of carbonyl (C=O) groups excluding carboxylic acids is 1. The van der Waals surface area contributed by atoms with E-state index in [1.807, 2.05) is 0 Å². The third-order valence-electron chi connectivity index (χ3n) is 2.40. The second-order valence-electron chi connectivity index (χ2n) is 3.77. The van der Waals surface area contributed by atoms with E-state index in [4.69, 9.17) is 0 Å². The molecule has 0 aliphatic carbocycles. The van der Waals surface area contributed by atoms with Crippen molar-refractivity contribution in [1.29, 1.82) is 0 Å². The van der Waals surface area contributed by atoms with Gasteiger partial charge in [-0.3, -0.25) is 19.1 Å². The topological polar surface area (TPSA) is 101 Å². The van der Waals surface area contributed by atoms with Crippen molar-refractivity contribution in [3.63, 3.8) is 0 Å². The molecule has 19 heavy (non-hydrogen) atoms. The first-order chi connectivity index (χ1) is 8.95. The molecule has 0 aromatic heterocycles. The number of benzene rings is 1. The fourth-order valence-corrected chi connectivity index (χ4v) is 1.84. The predicted molar refractivity (Wildman–Crippen MR) is 73.9 cm³/mol. The largest absolute Gasteiger partial charge is 0.383 e. The summed E-state index contributed by atoms with van der Waals surface area (Å²) in [5, 5.41) is 16.1. The van der Waals surface area contributed by atoms with Crippen molar-refractivity contribution in [1.82, 2.24) is 5.32 Å². The Balaban J connectivity index is 2.83. The molecule has 0 saturated carbocycles. The highest BCUT2D eigenvalue weighted by Crippen LogP contribution is 2.24. The Morgan fingerprint density at radius 2 is 2.16 bits per heavy atom. The van der Waals surface area contributed by atoms with Crippen LogP contribution >= 0.6 is 0 Å². The fourth-order valence-electron chi connectivity index (χ4n) is 1.45. The second kappa shape index (κ2) is 6.83. The lowest BCUT2D eigenvalue weighted by atomic mass is 10.1. The number of carbonyl (C=O) groups is 1. The number of anilines is 1. The van der Waals surface area contributed by atoms with Crippen molar-refractivity contribution in [2.24, 2.45) is 0 Å². The standard InChI is InChI=1S/C11H15N3O4S/c1-12-9-4-3-8(7-10(9)14(16)17)11(15)13-5-6-19(2)18/h3-4,7,12H,5-6H2,1-2H3,(H,13,15). The van der Waals surface area contributed by atoms with Crippen molar-refractivity contribution >= 4 is 28.1 Å². The van der Waals surface area contributed by atoms with E-state index in [2.05, 4.69) is 10.6 Å². The van der Waals surface area contributed by atoms with Crippen LogP contribution in [0.3, 0.4) is 0 Å². The first-order valence-corrected chi connectivity index (χ1v) is 7.23. The number of nitrogens with one attached hydrogen (secondary N) is 2. The molecule has 0 aliphatic heterocycles. The summed E-state index contributed by atoms with van der Waals surface area (Å²) in [5.74, 6) is -0.0705. The van der Waals surface area contributed by atoms with Crippen LogP contribution in [0.2, 0.25) is 0 Å². The highest BCUT2D eigenvalue weighted by molar-refractivity contribution is 7.84. The van der Waals surface area contributed by atoms with E-state index >= 15 is 0 Å². The maximum Gasteiger partial charge on any atom is 0.293 e. The molecule has 8 heteroatoms. The van der Waals surface area contributed by atoms with E-state index < -0.39 is 21.6 Å². The SMILES string of the molecule is CNc1ccc(C(=O)NCCS(C)=O)cc1[N+](=O)[O-]. The van der Waals surface area contributed by atoms with Crippen molar-refractivity contribution in [3.8, 4) is 0 Å². The number of hydrogen-bond donors (Lipinski definition) is 2. The summed E-state index contributed by atoms with van der Waals surface area (Å²) >= 11 is 0. The van der Waals surface area contributed by atoms with Crippen LogP contribution in [0, 0.1) is 10.1 Å². The lowest BCUT2D eigenvalue weighted by molar-refractivity contribution is -0.384. The molecular formula is C11H15N3O4S. The molecule has 7 nitrogen and oxygen atoms in total. The number of nitro benzene ring substituents is 1. The zero-order valence-corrected chi connectivity index (χ0v) is 11.5. The van der Waals surface area contributed by atoms with Crippen LogP contribution < -0.4 is 10.6 Å². The van der Waals surface area contributed by atoms with Gasteiger partial charge >= 0.3 is 0 Å². The molecule has 1 amide bonds. The second-order valence-corrected chi connectivity index (χ2v) is 5.33. The van der Waals surface area contributed by atoms with Crippen LogP contribution in [-0.2, 0) is 10.8 Å². The summed E-state index contributed by atoms with van der Waals surface area (Å²) in [6, 6.07) is 4.19. The minimum atomic E-state index is -0.988. The summed E-state index contributed by atoms with van der Waals surface area (Å²) in [6.45, 7) is 0.267. The zero-order valence-electron chi connectivity index (χ0n) is 10.6. The Kier molecular flexibility index (Phi) is 5.43. The average Bonchev–Trinajstić information content (AvgIpc) is 2.37. The van der Waals surface area contributed by atoms with Crippen LogP contribution in [0.5, 0.6) is 0 Å². The van der Waals surface area contributed by atoms with Gasteiger partial charge in [0.05, 0.1) is 4.92 Å². The normalized spacial score (nSPS) is 11.7. The van der Waals surface area contributed by atoms with E-state index in [9.17, 15) is 19.1 Å². The van der Waals surface area contributed by atoms with Gasteiger partial charge in [0.2, 0.25) is 0 Å². The molecule has 2 N–H and O–H groups in total. The summed E-state index contributed by atoms with van der Waals surface area (Å²) < 4.78 is 10.9. The maximum atomic E-state index is 11.7. The number of hydrogen-bond acceptors (Lipinski definition) is 5. The van der Waals surface area contributed by atoms with Crippen molar-refractivity contribution in [2.45, 2.75) is 0 Å². The van der Waals surface area contributed by atoms with E-state index in [0.717, 1.165) is 0 Å². The predicted octanol–water partition coefficient (Wildman–Crippen LogP) is 0.745. The van der Waals surface area contributed by atoms with Gasteiger partial charge in [-0.05, 0) is 12.1 Å². The van der Waals surface area contributed by atoms with Gasteiger partial charge in [-0.1, -0.05) is 0 Å². The molecule has 1 atom stereocenters. The first-order valence-electron chi connectivity index (χ1n) is 5.50. The Morgan fingerprint density at radius 1 is 1.47 bits per heavy atom. The smallest absolute Gasteiger partial charge is 0.293 e. The van der Waals surface area contributed by atoms with Gasteiger partial charge in [0.25, 0.3) is 11.6 Å². The minimum Gasteiger partial charge on any atom is -0.383 e. The van der Waals surface area contributed by atoms with Crippen LogP contribution in [0.1, 0.15) is 10.4 Å². The highest BCUT2D eigenvalue weighted by atomic mass is 32.2. The quantitative estimate of drug-likeness (QED) is 0.593. The zero-order chi connectivity index (χ0) is 14.4. The summed E-state index contributed by atoms with van der Waals surface area (Å²) in [7, 11) is 0.580. The Morgan fingerprint density at radius 3 is 2.68 bits per heavy atom. The van der Waals surface area contributed by atoms with Gasteiger partial charge in [-0.25, -0.2) is 0 Å². The lowest BCUT2D eigenvalue weighted by Gasteiger charge is -2.06. The molecule has 0 radical (unpaired) electrons. The molecule has 0 bridgehead atoms. The Labute approximate surface area is 113 Å². The Bertz CT molecular complexity index is 519. The first kappa shape index (κ1) is 15.1. The minimum absolute atomic E-state index is 0.158. The van der Waals surface area contributed by atoms with Crippen LogP contribution in [0.15, 0.2) is 18.2 Å². The van der Waals surface area contributed by atoms with Crippen molar-refractivity contribution in [2.75, 3.05) is 30.9 Å². The van der Waals surface area contributed by atoms with Gasteiger partial charge in [0.1, 0.15) is 5.69 Å². The lowest BCUT2D eigenvalue weighted by Crippen LogP contribution is -2.27. The number of amides is 1. The monoisotopic (exact) mass is 285 g/mol. The van der Waals surface area contributed by atoms with Crippen LogP contribution in [0.4, 0.5) is 11.4 Å². The van der Waals surface area contributed by atoms with Crippen molar-refractivity contribution in [3.05, 3.63) is 33.9 Å².